The van der Waals surface area contributed by atoms with Crippen LogP contribution in [0.4, 0.5) is 0 Å². The lowest BCUT2D eigenvalue weighted by Crippen LogP contribution is -2.42. The second-order valence-electron chi connectivity index (χ2n) is 5.36. The first-order chi connectivity index (χ1) is 10.2. The van der Waals surface area contributed by atoms with E-state index in [1.165, 1.54) is 4.88 Å². The van der Waals surface area contributed by atoms with Gasteiger partial charge < -0.3 is 9.64 Å². The summed E-state index contributed by atoms with van der Waals surface area (Å²) in [5, 5.41) is 2.06. The van der Waals surface area contributed by atoms with Crippen LogP contribution >= 0.6 is 11.3 Å². The molecule has 0 unspecified atom stereocenters. The molecule has 4 nitrogen and oxygen atoms in total. The van der Waals surface area contributed by atoms with E-state index >= 15 is 0 Å². The Balaban J connectivity index is 1.75. The smallest absolute Gasteiger partial charge is 0.310 e. The minimum Gasteiger partial charge on any atom is -0.466 e. The molecule has 2 rings (SSSR count). The van der Waals surface area contributed by atoms with Crippen LogP contribution < -0.4 is 0 Å². The maximum atomic E-state index is 12.2. The summed E-state index contributed by atoms with van der Waals surface area (Å²) in [6.07, 6.45) is 4.11. The van der Waals surface area contributed by atoms with Gasteiger partial charge in [-0.1, -0.05) is 6.07 Å². The number of aryl methyl sites for hydroxylation is 1. The normalized spacial score (nSPS) is 18.5. The number of thiophene rings is 1. The number of amides is 1. The predicted molar refractivity (Wildman–Crippen MR) is 83.2 cm³/mol. The van der Waals surface area contributed by atoms with Gasteiger partial charge in [-0.15, -0.1) is 11.3 Å². The van der Waals surface area contributed by atoms with E-state index in [0.29, 0.717) is 19.6 Å². The minimum atomic E-state index is -0.159. The molecule has 2 heterocycles. The highest BCUT2D eigenvalue weighted by Crippen LogP contribution is 2.19. The minimum absolute atomic E-state index is 0.139. The number of esters is 1. The molecule has 0 saturated carbocycles. The van der Waals surface area contributed by atoms with Gasteiger partial charge in [-0.3, -0.25) is 9.59 Å². The quantitative estimate of drug-likeness (QED) is 0.759. The van der Waals surface area contributed by atoms with Crippen LogP contribution in [-0.2, 0) is 20.7 Å². The SMILES string of the molecule is CCOC(=O)[C@@H]1CCCN(C(=O)CCCc2cccs2)C1. The predicted octanol–water partition coefficient (Wildman–Crippen LogP) is 2.87. The van der Waals surface area contributed by atoms with Crippen molar-refractivity contribution < 1.29 is 14.3 Å². The molecule has 1 atom stereocenters. The summed E-state index contributed by atoms with van der Waals surface area (Å²) in [4.78, 5) is 27.2. The third-order valence-corrected chi connectivity index (χ3v) is 4.72. The van der Waals surface area contributed by atoms with Gasteiger partial charge in [-0.05, 0) is 44.1 Å². The summed E-state index contributed by atoms with van der Waals surface area (Å²) in [5.41, 5.74) is 0. The van der Waals surface area contributed by atoms with E-state index in [0.717, 1.165) is 32.2 Å². The van der Waals surface area contributed by atoms with Gasteiger partial charge in [0.25, 0.3) is 0 Å². The van der Waals surface area contributed by atoms with Crippen molar-refractivity contribution in [3.05, 3.63) is 22.4 Å². The number of piperidine rings is 1. The molecule has 116 valence electrons. The summed E-state index contributed by atoms with van der Waals surface area (Å²) in [5.74, 6) is -0.130. The van der Waals surface area contributed by atoms with E-state index in [1.54, 1.807) is 11.3 Å². The molecule has 1 aliphatic heterocycles. The van der Waals surface area contributed by atoms with E-state index in [9.17, 15) is 9.59 Å². The molecule has 0 N–H and O–H groups in total. The highest BCUT2D eigenvalue weighted by atomic mass is 32.1. The second-order valence-corrected chi connectivity index (χ2v) is 6.40. The zero-order valence-corrected chi connectivity index (χ0v) is 13.4. The van der Waals surface area contributed by atoms with Crippen molar-refractivity contribution in [2.45, 2.75) is 39.0 Å². The summed E-state index contributed by atoms with van der Waals surface area (Å²) < 4.78 is 5.06. The molecular formula is C16H23NO3S. The molecule has 0 radical (unpaired) electrons. The van der Waals surface area contributed by atoms with Crippen molar-refractivity contribution in [2.75, 3.05) is 19.7 Å². The lowest BCUT2D eigenvalue weighted by Gasteiger charge is -2.31. The number of carbonyl (C=O) groups is 2. The fraction of sp³-hybridized carbons (Fsp3) is 0.625. The molecule has 1 saturated heterocycles. The summed E-state index contributed by atoms with van der Waals surface area (Å²) >= 11 is 1.73. The Bertz CT molecular complexity index is 458. The van der Waals surface area contributed by atoms with Crippen LogP contribution in [0.25, 0.3) is 0 Å². The molecule has 1 aromatic heterocycles. The number of likely N-dealkylation sites (tertiary alicyclic amines) is 1. The Morgan fingerprint density at radius 3 is 3.05 bits per heavy atom. The van der Waals surface area contributed by atoms with Crippen LogP contribution in [0.15, 0.2) is 17.5 Å². The molecule has 1 amide bonds. The van der Waals surface area contributed by atoms with Gasteiger partial charge in [-0.25, -0.2) is 0 Å². The van der Waals surface area contributed by atoms with Crippen LogP contribution in [0.1, 0.15) is 37.5 Å². The molecular weight excluding hydrogens is 286 g/mol. The number of rotatable bonds is 6. The Morgan fingerprint density at radius 2 is 2.33 bits per heavy atom. The Labute approximate surface area is 130 Å². The lowest BCUT2D eigenvalue weighted by atomic mass is 9.97. The van der Waals surface area contributed by atoms with Gasteiger partial charge in [0, 0.05) is 24.4 Å². The third-order valence-electron chi connectivity index (χ3n) is 3.79. The highest BCUT2D eigenvalue weighted by Gasteiger charge is 2.28. The van der Waals surface area contributed by atoms with Crippen molar-refractivity contribution in [1.82, 2.24) is 4.90 Å². The first-order valence-electron chi connectivity index (χ1n) is 7.67. The van der Waals surface area contributed by atoms with E-state index in [2.05, 4.69) is 11.4 Å². The van der Waals surface area contributed by atoms with Crippen LogP contribution in [-0.4, -0.2) is 36.5 Å². The van der Waals surface area contributed by atoms with Crippen LogP contribution in [0.5, 0.6) is 0 Å². The Morgan fingerprint density at radius 1 is 1.48 bits per heavy atom. The monoisotopic (exact) mass is 309 g/mol. The standard InChI is InChI=1S/C16H23NO3S/c1-2-20-16(19)13-6-4-10-17(12-13)15(18)9-3-7-14-8-5-11-21-14/h5,8,11,13H,2-4,6-7,9-10,12H2,1H3/t13-/m1/s1. The van der Waals surface area contributed by atoms with Gasteiger partial charge in [0.1, 0.15) is 0 Å². The van der Waals surface area contributed by atoms with Gasteiger partial charge in [0.2, 0.25) is 5.91 Å². The van der Waals surface area contributed by atoms with Gasteiger partial charge in [-0.2, -0.15) is 0 Å². The van der Waals surface area contributed by atoms with E-state index in [4.69, 9.17) is 4.74 Å². The number of nitrogens with zero attached hydrogens (tertiary/aromatic N) is 1. The van der Waals surface area contributed by atoms with Crippen molar-refractivity contribution in [2.24, 2.45) is 5.92 Å². The molecule has 21 heavy (non-hydrogen) atoms. The Hall–Kier alpha value is -1.36. The molecule has 0 spiro atoms. The molecule has 5 heteroatoms. The average molecular weight is 309 g/mol. The largest absolute Gasteiger partial charge is 0.466 e. The third kappa shape index (κ3) is 4.84. The first-order valence-corrected chi connectivity index (χ1v) is 8.55. The number of ether oxygens (including phenoxy) is 1. The molecule has 0 bridgehead atoms. The summed E-state index contributed by atoms with van der Waals surface area (Å²) in [7, 11) is 0. The molecule has 1 fully saturated rings. The molecule has 0 aromatic carbocycles. The van der Waals surface area contributed by atoms with Gasteiger partial charge >= 0.3 is 5.97 Å². The topological polar surface area (TPSA) is 46.6 Å². The number of carbonyl (C=O) groups excluding carboxylic acids is 2. The average Bonchev–Trinajstić information content (AvgIpc) is 3.01. The summed E-state index contributed by atoms with van der Waals surface area (Å²) in [6, 6.07) is 4.14. The van der Waals surface area contributed by atoms with Crippen molar-refractivity contribution in [3.8, 4) is 0 Å². The van der Waals surface area contributed by atoms with Crippen LogP contribution in [0.2, 0.25) is 0 Å². The fourth-order valence-corrected chi connectivity index (χ4v) is 3.43. The highest BCUT2D eigenvalue weighted by molar-refractivity contribution is 7.09. The van der Waals surface area contributed by atoms with Crippen molar-refractivity contribution in [3.63, 3.8) is 0 Å². The molecule has 1 aliphatic rings. The van der Waals surface area contributed by atoms with Crippen LogP contribution in [0, 0.1) is 5.92 Å². The molecule has 1 aromatic rings. The Kier molecular flexibility index (Phi) is 6.23. The van der Waals surface area contributed by atoms with Gasteiger partial charge in [0.15, 0.2) is 0 Å². The van der Waals surface area contributed by atoms with Crippen molar-refractivity contribution in [1.29, 1.82) is 0 Å². The number of hydrogen-bond donors (Lipinski definition) is 0. The van der Waals surface area contributed by atoms with E-state index in [1.807, 2.05) is 17.9 Å². The molecule has 0 aliphatic carbocycles. The van der Waals surface area contributed by atoms with E-state index < -0.39 is 0 Å². The second kappa shape index (κ2) is 8.17. The maximum Gasteiger partial charge on any atom is 0.310 e. The van der Waals surface area contributed by atoms with Crippen LogP contribution in [0.3, 0.4) is 0 Å². The maximum absolute atomic E-state index is 12.2. The zero-order valence-electron chi connectivity index (χ0n) is 12.5. The van der Waals surface area contributed by atoms with Crippen molar-refractivity contribution >= 4 is 23.2 Å². The van der Waals surface area contributed by atoms with Gasteiger partial charge in [0.05, 0.1) is 12.5 Å². The number of hydrogen-bond acceptors (Lipinski definition) is 4. The lowest BCUT2D eigenvalue weighted by molar-refractivity contribution is -0.151. The first kappa shape index (κ1) is 16.0. The zero-order chi connectivity index (χ0) is 15.1. The summed E-state index contributed by atoms with van der Waals surface area (Å²) in [6.45, 7) is 3.52. The fourth-order valence-electron chi connectivity index (χ4n) is 2.68. The van der Waals surface area contributed by atoms with E-state index in [-0.39, 0.29) is 17.8 Å².